The van der Waals surface area contributed by atoms with Crippen molar-refractivity contribution in [2.75, 3.05) is 13.6 Å². The Hall–Kier alpha value is 0.210. The first-order valence-corrected chi connectivity index (χ1v) is 4.66. The first-order valence-electron chi connectivity index (χ1n) is 4.32. The standard InChI is InChI=1S/C8H17ClN2/c1-11(9)6-7-4-2-3-5-8(7)10/h7-8H,2-6,10H2,1H3/t7-,8-/m0/s1. The van der Waals surface area contributed by atoms with Crippen LogP contribution < -0.4 is 5.73 Å². The molecule has 0 aromatic heterocycles. The summed E-state index contributed by atoms with van der Waals surface area (Å²) in [5, 5.41) is 0. The molecule has 0 aromatic carbocycles. The summed E-state index contributed by atoms with van der Waals surface area (Å²) >= 11 is 5.75. The number of halogens is 1. The maximum Gasteiger partial charge on any atom is 0.0179 e. The fourth-order valence-electron chi connectivity index (χ4n) is 1.79. The smallest absolute Gasteiger partial charge is 0.0179 e. The van der Waals surface area contributed by atoms with Crippen molar-refractivity contribution in [3.05, 3.63) is 0 Å². The van der Waals surface area contributed by atoms with Crippen molar-refractivity contribution in [1.82, 2.24) is 4.42 Å². The predicted octanol–water partition coefficient (Wildman–Crippen LogP) is 1.59. The maximum atomic E-state index is 5.94. The minimum absolute atomic E-state index is 0.380. The van der Waals surface area contributed by atoms with E-state index in [1.807, 2.05) is 7.05 Å². The SMILES string of the molecule is CN(Cl)C[C@@H]1CCCC[C@@H]1N. The summed E-state index contributed by atoms with van der Waals surface area (Å²) in [5.74, 6) is 0.617. The highest BCUT2D eigenvalue weighted by Crippen LogP contribution is 2.23. The molecule has 0 heterocycles. The lowest BCUT2D eigenvalue weighted by Gasteiger charge is -2.29. The molecular formula is C8H17ClN2. The van der Waals surface area contributed by atoms with Gasteiger partial charge < -0.3 is 5.73 Å². The quantitative estimate of drug-likeness (QED) is 0.648. The Bertz CT molecular complexity index is 117. The largest absolute Gasteiger partial charge is 0.327 e. The number of hydrogen-bond donors (Lipinski definition) is 1. The molecule has 0 saturated heterocycles. The molecule has 3 heteroatoms. The zero-order valence-electron chi connectivity index (χ0n) is 7.09. The summed E-state index contributed by atoms with van der Waals surface area (Å²) in [6, 6.07) is 0.380. The van der Waals surface area contributed by atoms with Gasteiger partial charge in [-0.1, -0.05) is 12.8 Å². The van der Waals surface area contributed by atoms with E-state index in [1.54, 1.807) is 4.42 Å². The van der Waals surface area contributed by atoms with E-state index >= 15 is 0 Å². The molecule has 0 unspecified atom stereocenters. The lowest BCUT2D eigenvalue weighted by Crippen LogP contribution is -2.37. The van der Waals surface area contributed by atoms with E-state index in [4.69, 9.17) is 17.5 Å². The lowest BCUT2D eigenvalue weighted by atomic mass is 9.85. The van der Waals surface area contributed by atoms with Crippen LogP contribution in [0.3, 0.4) is 0 Å². The zero-order chi connectivity index (χ0) is 8.27. The van der Waals surface area contributed by atoms with Gasteiger partial charge in [0.1, 0.15) is 0 Å². The van der Waals surface area contributed by atoms with Crippen molar-refractivity contribution in [3.8, 4) is 0 Å². The molecule has 66 valence electrons. The zero-order valence-corrected chi connectivity index (χ0v) is 7.85. The number of hydrogen-bond acceptors (Lipinski definition) is 2. The van der Waals surface area contributed by atoms with Gasteiger partial charge in [-0.3, -0.25) is 0 Å². The van der Waals surface area contributed by atoms with Crippen LogP contribution in [-0.2, 0) is 0 Å². The second-order valence-electron chi connectivity index (χ2n) is 3.50. The fraction of sp³-hybridized carbons (Fsp3) is 1.00. The van der Waals surface area contributed by atoms with Crippen LogP contribution in [0.5, 0.6) is 0 Å². The molecule has 0 radical (unpaired) electrons. The summed E-state index contributed by atoms with van der Waals surface area (Å²) in [7, 11) is 1.89. The van der Waals surface area contributed by atoms with E-state index in [2.05, 4.69) is 0 Å². The van der Waals surface area contributed by atoms with E-state index in [0.717, 1.165) is 6.54 Å². The fourth-order valence-corrected chi connectivity index (χ4v) is 1.96. The average molecular weight is 177 g/mol. The molecule has 2 nitrogen and oxygen atoms in total. The summed E-state index contributed by atoms with van der Waals surface area (Å²) < 4.78 is 1.72. The second kappa shape index (κ2) is 4.29. The Morgan fingerprint density at radius 2 is 2.09 bits per heavy atom. The van der Waals surface area contributed by atoms with Gasteiger partial charge >= 0.3 is 0 Å². The van der Waals surface area contributed by atoms with Crippen molar-refractivity contribution in [2.24, 2.45) is 11.7 Å². The molecular weight excluding hydrogens is 160 g/mol. The van der Waals surface area contributed by atoms with Crippen LogP contribution in [0.1, 0.15) is 25.7 Å². The van der Waals surface area contributed by atoms with Gasteiger partial charge in [-0.15, -0.1) is 0 Å². The molecule has 11 heavy (non-hydrogen) atoms. The highest BCUT2D eigenvalue weighted by molar-refractivity contribution is 6.13. The molecule has 2 N–H and O–H groups in total. The topological polar surface area (TPSA) is 29.3 Å². The average Bonchev–Trinajstić information content (AvgIpc) is 1.93. The first-order chi connectivity index (χ1) is 5.20. The molecule has 2 atom stereocenters. The summed E-state index contributed by atoms with van der Waals surface area (Å²) in [4.78, 5) is 0. The lowest BCUT2D eigenvalue weighted by molar-refractivity contribution is 0.268. The summed E-state index contributed by atoms with van der Waals surface area (Å²) in [5.41, 5.74) is 5.94. The highest BCUT2D eigenvalue weighted by atomic mass is 35.5. The summed E-state index contributed by atoms with van der Waals surface area (Å²) in [6.07, 6.45) is 5.04. The van der Waals surface area contributed by atoms with Crippen LogP contribution in [0, 0.1) is 5.92 Å². The van der Waals surface area contributed by atoms with Crippen LogP contribution in [0.15, 0.2) is 0 Å². The van der Waals surface area contributed by atoms with Crippen LogP contribution in [-0.4, -0.2) is 24.1 Å². The Balaban J connectivity index is 2.29. The van der Waals surface area contributed by atoms with E-state index in [-0.39, 0.29) is 0 Å². The molecule has 1 aliphatic rings. The Morgan fingerprint density at radius 3 is 2.64 bits per heavy atom. The third-order valence-electron chi connectivity index (χ3n) is 2.45. The maximum absolute atomic E-state index is 5.94. The van der Waals surface area contributed by atoms with Crippen LogP contribution in [0.25, 0.3) is 0 Å². The molecule has 0 aliphatic heterocycles. The molecule has 1 fully saturated rings. The van der Waals surface area contributed by atoms with Gasteiger partial charge in [0.25, 0.3) is 0 Å². The Morgan fingerprint density at radius 1 is 1.45 bits per heavy atom. The van der Waals surface area contributed by atoms with Crippen molar-refractivity contribution >= 4 is 11.8 Å². The van der Waals surface area contributed by atoms with E-state index in [1.165, 1.54) is 25.7 Å². The molecule has 1 aliphatic carbocycles. The Kier molecular flexibility index (Phi) is 3.63. The third-order valence-corrected chi connectivity index (χ3v) is 2.59. The van der Waals surface area contributed by atoms with Crippen molar-refractivity contribution in [2.45, 2.75) is 31.7 Å². The van der Waals surface area contributed by atoms with Crippen LogP contribution in [0.2, 0.25) is 0 Å². The van der Waals surface area contributed by atoms with Crippen LogP contribution >= 0.6 is 11.8 Å². The second-order valence-corrected chi connectivity index (χ2v) is 4.07. The van der Waals surface area contributed by atoms with Gasteiger partial charge in [-0.25, -0.2) is 4.42 Å². The van der Waals surface area contributed by atoms with Gasteiger partial charge in [-0.05, 0) is 30.5 Å². The minimum Gasteiger partial charge on any atom is -0.327 e. The Labute approximate surface area is 73.8 Å². The minimum atomic E-state index is 0.380. The molecule has 1 saturated carbocycles. The highest BCUT2D eigenvalue weighted by Gasteiger charge is 2.22. The van der Waals surface area contributed by atoms with Crippen molar-refractivity contribution in [3.63, 3.8) is 0 Å². The van der Waals surface area contributed by atoms with Gasteiger partial charge in [0, 0.05) is 19.6 Å². The van der Waals surface area contributed by atoms with Gasteiger partial charge in [-0.2, -0.15) is 0 Å². The molecule has 0 bridgehead atoms. The number of nitrogens with two attached hydrogens (primary N) is 1. The normalized spacial score (nSPS) is 32.7. The van der Waals surface area contributed by atoms with E-state index in [0.29, 0.717) is 12.0 Å². The molecule has 0 spiro atoms. The number of nitrogens with zero attached hydrogens (tertiary/aromatic N) is 1. The van der Waals surface area contributed by atoms with Gasteiger partial charge in [0.05, 0.1) is 0 Å². The summed E-state index contributed by atoms with van der Waals surface area (Å²) in [6.45, 7) is 0.933. The number of rotatable bonds is 2. The van der Waals surface area contributed by atoms with Crippen LogP contribution in [0.4, 0.5) is 0 Å². The van der Waals surface area contributed by atoms with Gasteiger partial charge in [0.15, 0.2) is 0 Å². The predicted molar refractivity (Wildman–Crippen MR) is 48.4 cm³/mol. The van der Waals surface area contributed by atoms with E-state index in [9.17, 15) is 0 Å². The third kappa shape index (κ3) is 2.97. The van der Waals surface area contributed by atoms with E-state index < -0.39 is 0 Å². The van der Waals surface area contributed by atoms with Crippen molar-refractivity contribution in [1.29, 1.82) is 0 Å². The monoisotopic (exact) mass is 176 g/mol. The molecule has 1 rings (SSSR count). The molecule has 0 amide bonds. The molecule has 0 aromatic rings. The van der Waals surface area contributed by atoms with Crippen molar-refractivity contribution < 1.29 is 0 Å². The first kappa shape index (κ1) is 9.30. The van der Waals surface area contributed by atoms with Gasteiger partial charge in [0.2, 0.25) is 0 Å².